The molecule has 2 heterocycles. The fourth-order valence-electron chi connectivity index (χ4n) is 2.59. The van der Waals surface area contributed by atoms with Gasteiger partial charge in [0.1, 0.15) is 5.56 Å². The summed E-state index contributed by atoms with van der Waals surface area (Å²) in [6.45, 7) is 5.23. The summed E-state index contributed by atoms with van der Waals surface area (Å²) >= 11 is 0. The maximum Gasteiger partial charge on any atom is 0.339 e. The third-order valence-electron chi connectivity index (χ3n) is 3.81. The van der Waals surface area contributed by atoms with Gasteiger partial charge in [0.15, 0.2) is 0 Å². The molecule has 104 valence electrons. The normalized spacial score (nSPS) is 18.4. The number of rotatable bonds is 3. The number of hydrogen-bond donors (Lipinski definition) is 2. The van der Waals surface area contributed by atoms with E-state index in [1.807, 2.05) is 19.9 Å². The molecule has 5 nitrogen and oxygen atoms in total. The molecule has 2 rings (SSSR count). The Morgan fingerprint density at radius 1 is 1.47 bits per heavy atom. The van der Waals surface area contributed by atoms with Gasteiger partial charge in [-0.15, -0.1) is 0 Å². The van der Waals surface area contributed by atoms with E-state index in [0.717, 1.165) is 37.3 Å². The first kappa shape index (κ1) is 13.8. The Balaban J connectivity index is 2.19. The first-order valence-corrected chi connectivity index (χ1v) is 6.62. The van der Waals surface area contributed by atoms with Crippen molar-refractivity contribution in [3.63, 3.8) is 0 Å². The summed E-state index contributed by atoms with van der Waals surface area (Å²) < 4.78 is 0. The number of piperidine rings is 1. The Bertz CT molecular complexity index is 466. The van der Waals surface area contributed by atoms with E-state index in [1.165, 1.54) is 6.20 Å². The van der Waals surface area contributed by atoms with Gasteiger partial charge in [-0.1, -0.05) is 0 Å². The summed E-state index contributed by atoms with van der Waals surface area (Å²) in [6.07, 6.45) is 2.91. The van der Waals surface area contributed by atoms with Gasteiger partial charge < -0.3 is 15.1 Å². The predicted octanol–water partition coefficient (Wildman–Crippen LogP) is 1.69. The molecule has 1 saturated heterocycles. The number of anilines is 1. The van der Waals surface area contributed by atoms with Gasteiger partial charge in [0.25, 0.3) is 0 Å². The molecule has 0 aliphatic carbocycles. The largest absolute Gasteiger partial charge is 0.478 e. The maximum absolute atomic E-state index is 11.2. The lowest BCUT2D eigenvalue weighted by atomic mass is 9.91. The summed E-state index contributed by atoms with van der Waals surface area (Å²) in [4.78, 5) is 17.4. The smallest absolute Gasteiger partial charge is 0.339 e. The van der Waals surface area contributed by atoms with Crippen molar-refractivity contribution in [1.29, 1.82) is 0 Å². The second-order valence-corrected chi connectivity index (χ2v) is 5.21. The lowest BCUT2D eigenvalue weighted by Crippen LogP contribution is -2.37. The standard InChI is InChI=1S/C14H20N2O3/c1-9-7-13(12(8-15-9)14(18)19)16-5-3-11(4-6-16)10(2)17/h7-8,10-11,17H,3-6H2,1-2H3,(H,18,19). The highest BCUT2D eigenvalue weighted by molar-refractivity contribution is 5.94. The molecule has 19 heavy (non-hydrogen) atoms. The Labute approximate surface area is 112 Å². The highest BCUT2D eigenvalue weighted by atomic mass is 16.4. The highest BCUT2D eigenvalue weighted by Gasteiger charge is 2.25. The Kier molecular flexibility index (Phi) is 4.04. The van der Waals surface area contributed by atoms with Crippen LogP contribution in [0, 0.1) is 12.8 Å². The maximum atomic E-state index is 11.2. The zero-order chi connectivity index (χ0) is 14.0. The van der Waals surface area contributed by atoms with E-state index in [9.17, 15) is 15.0 Å². The molecule has 1 aliphatic heterocycles. The number of aryl methyl sites for hydroxylation is 1. The second kappa shape index (κ2) is 5.57. The first-order valence-electron chi connectivity index (χ1n) is 6.62. The minimum absolute atomic E-state index is 0.251. The van der Waals surface area contributed by atoms with Crippen molar-refractivity contribution in [2.75, 3.05) is 18.0 Å². The van der Waals surface area contributed by atoms with Crippen LogP contribution in [0.15, 0.2) is 12.3 Å². The van der Waals surface area contributed by atoms with Crippen LogP contribution >= 0.6 is 0 Å². The number of aliphatic hydroxyl groups is 1. The Morgan fingerprint density at radius 2 is 2.11 bits per heavy atom. The van der Waals surface area contributed by atoms with Gasteiger partial charge >= 0.3 is 5.97 Å². The van der Waals surface area contributed by atoms with Crippen molar-refractivity contribution >= 4 is 11.7 Å². The number of carboxylic acids is 1. The number of aromatic carboxylic acids is 1. The lowest BCUT2D eigenvalue weighted by molar-refractivity contribution is 0.0696. The third kappa shape index (κ3) is 3.04. The van der Waals surface area contributed by atoms with Crippen molar-refractivity contribution in [3.8, 4) is 0 Å². The summed E-state index contributed by atoms with van der Waals surface area (Å²) in [5.74, 6) is -0.632. The summed E-state index contributed by atoms with van der Waals surface area (Å²) in [7, 11) is 0. The molecule has 0 bridgehead atoms. The Hall–Kier alpha value is -1.62. The number of carbonyl (C=O) groups is 1. The molecule has 1 unspecified atom stereocenters. The zero-order valence-corrected chi connectivity index (χ0v) is 11.3. The van der Waals surface area contributed by atoms with E-state index < -0.39 is 5.97 Å². The number of hydrogen-bond acceptors (Lipinski definition) is 4. The van der Waals surface area contributed by atoms with Crippen molar-refractivity contribution < 1.29 is 15.0 Å². The monoisotopic (exact) mass is 264 g/mol. The van der Waals surface area contributed by atoms with Gasteiger partial charge in [0.05, 0.1) is 11.8 Å². The molecule has 1 atom stereocenters. The lowest BCUT2D eigenvalue weighted by Gasteiger charge is -2.35. The van der Waals surface area contributed by atoms with Gasteiger partial charge in [-0.25, -0.2) is 4.79 Å². The van der Waals surface area contributed by atoms with Gasteiger partial charge in [-0.05, 0) is 38.7 Å². The van der Waals surface area contributed by atoms with Crippen LogP contribution < -0.4 is 4.90 Å². The second-order valence-electron chi connectivity index (χ2n) is 5.21. The van der Waals surface area contributed by atoms with Crippen LogP contribution in [0.1, 0.15) is 35.8 Å². The quantitative estimate of drug-likeness (QED) is 0.869. The average molecular weight is 264 g/mol. The van der Waals surface area contributed by atoms with Crippen LogP contribution in [0.5, 0.6) is 0 Å². The summed E-state index contributed by atoms with van der Waals surface area (Å²) in [5.41, 5.74) is 1.81. The number of pyridine rings is 1. The van der Waals surface area contributed by atoms with Crippen molar-refractivity contribution in [2.45, 2.75) is 32.8 Å². The van der Waals surface area contributed by atoms with Crippen LogP contribution in [0.2, 0.25) is 0 Å². The molecule has 1 fully saturated rings. The minimum atomic E-state index is -0.944. The van der Waals surface area contributed by atoms with Crippen LogP contribution in [-0.2, 0) is 0 Å². The molecule has 0 spiro atoms. The zero-order valence-electron chi connectivity index (χ0n) is 11.3. The van der Waals surface area contributed by atoms with Gasteiger partial charge in [-0.3, -0.25) is 4.98 Å². The molecular formula is C14H20N2O3. The van der Waals surface area contributed by atoms with E-state index in [2.05, 4.69) is 9.88 Å². The van der Waals surface area contributed by atoms with Crippen molar-refractivity contribution in [2.24, 2.45) is 5.92 Å². The van der Waals surface area contributed by atoms with Crippen molar-refractivity contribution in [1.82, 2.24) is 4.98 Å². The average Bonchev–Trinajstić information content (AvgIpc) is 2.38. The molecular weight excluding hydrogens is 244 g/mol. The Morgan fingerprint density at radius 3 is 2.63 bits per heavy atom. The van der Waals surface area contributed by atoms with Crippen LogP contribution in [0.3, 0.4) is 0 Å². The number of nitrogens with zero attached hydrogens (tertiary/aromatic N) is 2. The molecule has 0 amide bonds. The summed E-state index contributed by atoms with van der Waals surface area (Å²) in [6, 6.07) is 1.83. The summed E-state index contributed by atoms with van der Waals surface area (Å²) in [5, 5.41) is 18.8. The highest BCUT2D eigenvalue weighted by Crippen LogP contribution is 2.28. The van der Waals surface area contributed by atoms with E-state index in [0.29, 0.717) is 5.92 Å². The van der Waals surface area contributed by atoms with Crippen molar-refractivity contribution in [3.05, 3.63) is 23.5 Å². The molecule has 0 saturated carbocycles. The van der Waals surface area contributed by atoms with E-state index in [-0.39, 0.29) is 11.7 Å². The van der Waals surface area contributed by atoms with Crippen LogP contribution in [-0.4, -0.2) is 40.4 Å². The third-order valence-corrected chi connectivity index (χ3v) is 3.81. The van der Waals surface area contributed by atoms with Gasteiger partial charge in [0, 0.05) is 25.0 Å². The number of carboxylic acid groups (broad SMARTS) is 1. The minimum Gasteiger partial charge on any atom is -0.478 e. The topological polar surface area (TPSA) is 73.7 Å². The fourth-order valence-corrected chi connectivity index (χ4v) is 2.59. The molecule has 5 heteroatoms. The van der Waals surface area contributed by atoms with Gasteiger partial charge in [-0.2, -0.15) is 0 Å². The first-order chi connectivity index (χ1) is 8.99. The van der Waals surface area contributed by atoms with Crippen LogP contribution in [0.4, 0.5) is 5.69 Å². The fraction of sp³-hybridized carbons (Fsp3) is 0.571. The van der Waals surface area contributed by atoms with Crippen LogP contribution in [0.25, 0.3) is 0 Å². The van der Waals surface area contributed by atoms with E-state index >= 15 is 0 Å². The molecule has 1 aliphatic rings. The molecule has 1 aromatic heterocycles. The van der Waals surface area contributed by atoms with E-state index in [1.54, 1.807) is 0 Å². The molecule has 1 aromatic rings. The molecule has 0 aromatic carbocycles. The number of aromatic nitrogens is 1. The number of aliphatic hydroxyl groups excluding tert-OH is 1. The predicted molar refractivity (Wildman–Crippen MR) is 72.6 cm³/mol. The molecule has 2 N–H and O–H groups in total. The van der Waals surface area contributed by atoms with E-state index in [4.69, 9.17) is 0 Å². The SMILES string of the molecule is Cc1cc(N2CCC(C(C)O)CC2)c(C(=O)O)cn1. The van der Waals surface area contributed by atoms with Gasteiger partial charge in [0.2, 0.25) is 0 Å². The molecule has 0 radical (unpaired) electrons.